The van der Waals surface area contributed by atoms with Gasteiger partial charge in [0, 0.05) is 18.4 Å². The largest absolute Gasteiger partial charge is 0.462 e. The van der Waals surface area contributed by atoms with Crippen LogP contribution in [0.25, 0.3) is 0 Å². The molecule has 0 aromatic heterocycles. The fourth-order valence-electron chi connectivity index (χ4n) is 7.61. The Hall–Kier alpha value is -1.14. The van der Waals surface area contributed by atoms with Gasteiger partial charge in [0.25, 0.3) is 0 Å². The van der Waals surface area contributed by atoms with Crippen LogP contribution in [0.15, 0.2) is 0 Å². The van der Waals surface area contributed by atoms with E-state index in [1.54, 1.807) is 7.11 Å². The van der Waals surface area contributed by atoms with Gasteiger partial charge in [0.2, 0.25) is 6.29 Å². The molecule has 5 rings (SSSR count). The van der Waals surface area contributed by atoms with Gasteiger partial charge in [-0.3, -0.25) is 4.79 Å². The zero-order chi connectivity index (χ0) is 19.2. The van der Waals surface area contributed by atoms with Gasteiger partial charge in [-0.15, -0.1) is 0 Å². The summed E-state index contributed by atoms with van der Waals surface area (Å²) in [5.41, 5.74) is -1.95. The number of hydrogen-bond donors (Lipinski definition) is 0. The molecule has 8 atom stereocenters. The van der Waals surface area contributed by atoms with Crippen molar-refractivity contribution in [3.05, 3.63) is 0 Å². The van der Waals surface area contributed by atoms with Gasteiger partial charge < -0.3 is 18.9 Å². The Kier molecular flexibility index (Phi) is 3.49. The van der Waals surface area contributed by atoms with Crippen molar-refractivity contribution in [3.63, 3.8) is 0 Å². The smallest absolute Gasteiger partial charge is 0.340 e. The van der Waals surface area contributed by atoms with E-state index in [-0.39, 0.29) is 35.3 Å². The van der Waals surface area contributed by atoms with Crippen LogP contribution in [-0.4, -0.2) is 42.6 Å². The molecule has 6 nitrogen and oxygen atoms in total. The van der Waals surface area contributed by atoms with Crippen molar-refractivity contribution < 1.29 is 28.5 Å². The molecule has 0 amide bonds. The molecule has 2 aliphatic carbocycles. The highest BCUT2D eigenvalue weighted by atomic mass is 16.7. The van der Waals surface area contributed by atoms with Crippen LogP contribution in [0.4, 0.5) is 0 Å². The Labute approximate surface area is 160 Å². The van der Waals surface area contributed by atoms with Crippen molar-refractivity contribution in [2.75, 3.05) is 7.11 Å². The van der Waals surface area contributed by atoms with Gasteiger partial charge >= 0.3 is 11.9 Å². The van der Waals surface area contributed by atoms with Gasteiger partial charge in [0.15, 0.2) is 5.60 Å². The molecule has 0 N–H and O–H groups in total. The number of carbonyl (C=O) groups excluding carboxylic acids is 2. The molecule has 3 aliphatic heterocycles. The van der Waals surface area contributed by atoms with Crippen LogP contribution in [0.1, 0.15) is 65.7 Å². The fourth-order valence-corrected chi connectivity index (χ4v) is 7.61. The van der Waals surface area contributed by atoms with Gasteiger partial charge in [-0.2, -0.15) is 0 Å². The van der Waals surface area contributed by atoms with E-state index in [1.807, 2.05) is 0 Å². The first-order chi connectivity index (χ1) is 12.7. The summed E-state index contributed by atoms with van der Waals surface area (Å²) < 4.78 is 23.4. The Bertz CT molecular complexity index is 707. The van der Waals surface area contributed by atoms with Crippen molar-refractivity contribution in [1.29, 1.82) is 0 Å². The molecule has 0 bridgehead atoms. The fraction of sp³-hybridized carbons (Fsp3) is 0.905. The molecule has 0 aromatic rings. The van der Waals surface area contributed by atoms with Crippen LogP contribution < -0.4 is 0 Å². The van der Waals surface area contributed by atoms with Crippen LogP contribution >= 0.6 is 0 Å². The summed E-state index contributed by atoms with van der Waals surface area (Å²) in [6, 6.07) is 0. The highest BCUT2D eigenvalue weighted by molar-refractivity contribution is 5.82. The number of methoxy groups -OCH3 is 1. The van der Waals surface area contributed by atoms with Gasteiger partial charge in [-0.25, -0.2) is 4.79 Å². The summed E-state index contributed by atoms with van der Waals surface area (Å²) in [6.07, 6.45) is 5.05. The van der Waals surface area contributed by atoms with Crippen LogP contribution in [0.3, 0.4) is 0 Å². The first-order valence-electron chi connectivity index (χ1n) is 10.4. The van der Waals surface area contributed by atoms with E-state index in [2.05, 4.69) is 20.8 Å². The average Bonchev–Trinajstić information content (AvgIpc) is 3.23. The van der Waals surface area contributed by atoms with E-state index in [0.717, 1.165) is 32.1 Å². The summed E-state index contributed by atoms with van der Waals surface area (Å²) in [5, 5.41) is 0. The zero-order valence-corrected chi connectivity index (χ0v) is 16.7. The summed E-state index contributed by atoms with van der Waals surface area (Å²) >= 11 is 0. The number of rotatable bonds is 1. The minimum absolute atomic E-state index is 0.0316. The Morgan fingerprint density at radius 2 is 1.81 bits per heavy atom. The third kappa shape index (κ3) is 1.94. The maximum atomic E-state index is 12.8. The van der Waals surface area contributed by atoms with Crippen LogP contribution in [0.5, 0.6) is 0 Å². The van der Waals surface area contributed by atoms with Crippen LogP contribution in [0.2, 0.25) is 0 Å². The van der Waals surface area contributed by atoms with Crippen molar-refractivity contribution >= 4 is 11.9 Å². The molecule has 3 heterocycles. The SMILES string of the molecule is CO[C@@H]1C[C@@]2(CC[C@]3(O2)[C@@H](C)C[C@@H]2OC(=O)[C@]4(C)CCC[C@]3(C)[C@H]24)C(=O)O1. The molecule has 27 heavy (non-hydrogen) atoms. The summed E-state index contributed by atoms with van der Waals surface area (Å²) in [6.45, 7) is 6.57. The second-order valence-electron chi connectivity index (χ2n) is 10.0. The molecule has 0 radical (unpaired) electrons. The number of ether oxygens (including phenoxy) is 4. The first kappa shape index (κ1) is 17.9. The number of cyclic esters (lactones) is 1. The number of esters is 2. The number of hydrogen-bond acceptors (Lipinski definition) is 6. The van der Waals surface area contributed by atoms with Crippen LogP contribution in [0, 0.1) is 22.7 Å². The summed E-state index contributed by atoms with van der Waals surface area (Å²) in [5.74, 6) is 0.0283. The van der Waals surface area contributed by atoms with E-state index in [0.29, 0.717) is 12.8 Å². The zero-order valence-electron chi connectivity index (χ0n) is 16.7. The van der Waals surface area contributed by atoms with Crippen molar-refractivity contribution in [2.24, 2.45) is 22.7 Å². The topological polar surface area (TPSA) is 71.1 Å². The maximum Gasteiger partial charge on any atom is 0.340 e. The van der Waals surface area contributed by atoms with E-state index in [1.165, 1.54) is 0 Å². The molecule has 6 heteroatoms. The Balaban J connectivity index is 1.57. The van der Waals surface area contributed by atoms with Crippen LogP contribution in [-0.2, 0) is 28.5 Å². The summed E-state index contributed by atoms with van der Waals surface area (Å²) in [4.78, 5) is 25.5. The normalized spacial score (nSPS) is 56.4. The van der Waals surface area contributed by atoms with Gasteiger partial charge in [0.05, 0.1) is 17.4 Å². The maximum absolute atomic E-state index is 12.8. The second-order valence-corrected chi connectivity index (χ2v) is 10.0. The Morgan fingerprint density at radius 1 is 1.04 bits per heavy atom. The van der Waals surface area contributed by atoms with E-state index >= 15 is 0 Å². The molecule has 5 aliphatic rings. The third-order valence-corrected chi connectivity index (χ3v) is 8.86. The summed E-state index contributed by atoms with van der Waals surface area (Å²) in [7, 11) is 1.56. The van der Waals surface area contributed by atoms with Crippen molar-refractivity contribution in [3.8, 4) is 0 Å². The molecule has 5 fully saturated rings. The molecule has 0 aromatic carbocycles. The lowest BCUT2D eigenvalue weighted by molar-refractivity contribution is -0.248. The predicted molar refractivity (Wildman–Crippen MR) is 94.5 cm³/mol. The minimum atomic E-state index is -0.901. The molecule has 2 saturated carbocycles. The van der Waals surface area contributed by atoms with Crippen molar-refractivity contribution in [1.82, 2.24) is 0 Å². The predicted octanol–water partition coefficient (Wildman–Crippen LogP) is 2.97. The lowest BCUT2D eigenvalue weighted by Crippen LogP contribution is -2.65. The first-order valence-corrected chi connectivity index (χ1v) is 10.4. The molecule has 0 unspecified atom stereocenters. The quantitative estimate of drug-likeness (QED) is 0.653. The lowest BCUT2D eigenvalue weighted by Gasteiger charge is -2.62. The van der Waals surface area contributed by atoms with E-state index in [9.17, 15) is 9.59 Å². The van der Waals surface area contributed by atoms with Crippen molar-refractivity contribution in [2.45, 2.75) is 89.3 Å². The van der Waals surface area contributed by atoms with E-state index in [4.69, 9.17) is 18.9 Å². The van der Waals surface area contributed by atoms with Gasteiger partial charge in [0.1, 0.15) is 6.10 Å². The Morgan fingerprint density at radius 3 is 2.52 bits per heavy atom. The highest BCUT2D eigenvalue weighted by Crippen LogP contribution is 2.70. The molecule has 150 valence electrons. The molecular weight excluding hydrogens is 348 g/mol. The molecular formula is C21H30O6. The molecule has 2 spiro atoms. The van der Waals surface area contributed by atoms with Gasteiger partial charge in [-0.1, -0.05) is 20.3 Å². The average molecular weight is 378 g/mol. The van der Waals surface area contributed by atoms with Gasteiger partial charge in [-0.05, 0) is 44.9 Å². The second kappa shape index (κ2) is 5.26. The minimum Gasteiger partial charge on any atom is -0.462 e. The molecule has 3 saturated heterocycles. The third-order valence-electron chi connectivity index (χ3n) is 8.86. The highest BCUT2D eigenvalue weighted by Gasteiger charge is 2.75. The number of carbonyl (C=O) groups is 2. The number of fused-ring (bicyclic) bond motifs is 1. The lowest BCUT2D eigenvalue weighted by atomic mass is 9.44. The van der Waals surface area contributed by atoms with E-state index < -0.39 is 22.9 Å². The standard InChI is InChI=1S/C21H30O6/c1-12-10-13-15-18(2,16(22)25-13)6-5-7-19(15,3)21(12)9-8-20(27-21)11-14(24-4)26-17(20)23/h12-15H,5-11H2,1-4H3/t12-,13-,14-,15+,18+,19+,20-,21-/m0/s1. The monoisotopic (exact) mass is 378 g/mol.